The van der Waals surface area contributed by atoms with Crippen molar-refractivity contribution in [1.29, 1.82) is 0 Å². The van der Waals surface area contributed by atoms with E-state index in [0.717, 1.165) is 6.42 Å². The molecule has 156 valence electrons. The minimum atomic E-state index is -0.543. The molecule has 8 nitrogen and oxygen atoms in total. The molecule has 2 amide bonds. The van der Waals surface area contributed by atoms with Gasteiger partial charge in [0.2, 0.25) is 11.7 Å². The Hall–Kier alpha value is -2.13. The quantitative estimate of drug-likeness (QED) is 0.619. The second-order valence-electron chi connectivity index (χ2n) is 6.12. The van der Waals surface area contributed by atoms with E-state index < -0.39 is 6.04 Å². The molecule has 1 aliphatic rings. The van der Waals surface area contributed by atoms with Gasteiger partial charge in [0.1, 0.15) is 6.04 Å². The molecule has 1 N–H and O–H groups in total. The zero-order valence-electron chi connectivity index (χ0n) is 16.9. The van der Waals surface area contributed by atoms with E-state index in [0.29, 0.717) is 41.7 Å². The number of nitrogens with one attached hydrogen (secondary N) is 1. The Morgan fingerprint density at radius 2 is 1.79 bits per heavy atom. The molecule has 0 unspecified atom stereocenters. The van der Waals surface area contributed by atoms with Crippen molar-refractivity contribution in [3.63, 3.8) is 0 Å². The highest BCUT2D eigenvalue weighted by molar-refractivity contribution is 8.00. The van der Waals surface area contributed by atoms with E-state index in [1.54, 1.807) is 35.9 Å². The van der Waals surface area contributed by atoms with Gasteiger partial charge in [-0.1, -0.05) is 6.92 Å². The highest BCUT2D eigenvalue weighted by atomic mass is 32.2. The number of carbonyl (C=O) groups is 2. The van der Waals surface area contributed by atoms with Gasteiger partial charge in [0.15, 0.2) is 11.5 Å². The number of thioether (sulfide) groups is 1. The SMILES string of the molecule is CC[C@@H]1SC[C@@H](C(=O)NCCOC)N1C(=O)c1cc(OC)c(OC)c(OC)c1. The molecular weight excluding hydrogens is 384 g/mol. The van der Waals surface area contributed by atoms with Gasteiger partial charge in [-0.25, -0.2) is 0 Å². The number of hydrogen-bond acceptors (Lipinski definition) is 7. The monoisotopic (exact) mass is 412 g/mol. The molecule has 1 aromatic carbocycles. The van der Waals surface area contributed by atoms with Crippen LogP contribution in [0, 0.1) is 0 Å². The van der Waals surface area contributed by atoms with E-state index in [9.17, 15) is 9.59 Å². The summed E-state index contributed by atoms with van der Waals surface area (Å²) >= 11 is 1.60. The van der Waals surface area contributed by atoms with Crippen molar-refractivity contribution in [1.82, 2.24) is 10.2 Å². The van der Waals surface area contributed by atoms with Gasteiger partial charge in [0, 0.05) is 25.0 Å². The smallest absolute Gasteiger partial charge is 0.255 e. The van der Waals surface area contributed by atoms with Gasteiger partial charge in [-0.05, 0) is 18.6 Å². The number of amides is 2. The van der Waals surface area contributed by atoms with Crippen molar-refractivity contribution < 1.29 is 28.5 Å². The number of benzene rings is 1. The van der Waals surface area contributed by atoms with Gasteiger partial charge >= 0.3 is 0 Å². The summed E-state index contributed by atoms with van der Waals surface area (Å²) in [6.07, 6.45) is 0.739. The van der Waals surface area contributed by atoms with Gasteiger partial charge in [0.25, 0.3) is 5.91 Å². The molecule has 0 radical (unpaired) electrons. The Bertz CT molecular complexity index is 674. The fraction of sp³-hybridized carbons (Fsp3) is 0.579. The van der Waals surface area contributed by atoms with Crippen molar-refractivity contribution in [2.45, 2.75) is 24.8 Å². The second kappa shape index (κ2) is 10.4. The molecule has 1 aliphatic heterocycles. The Morgan fingerprint density at radius 1 is 1.14 bits per heavy atom. The predicted octanol–water partition coefficient (Wildman–Crippen LogP) is 1.77. The van der Waals surface area contributed by atoms with E-state index in [1.807, 2.05) is 6.92 Å². The van der Waals surface area contributed by atoms with Crippen molar-refractivity contribution in [2.75, 3.05) is 47.3 Å². The lowest BCUT2D eigenvalue weighted by atomic mass is 10.1. The number of methoxy groups -OCH3 is 4. The van der Waals surface area contributed by atoms with Crippen molar-refractivity contribution in [3.8, 4) is 17.2 Å². The number of nitrogens with zero attached hydrogens (tertiary/aromatic N) is 1. The van der Waals surface area contributed by atoms with Crippen LogP contribution in [0.25, 0.3) is 0 Å². The summed E-state index contributed by atoms with van der Waals surface area (Å²) in [5, 5.41) is 2.75. The zero-order chi connectivity index (χ0) is 20.7. The highest BCUT2D eigenvalue weighted by Crippen LogP contribution is 2.40. The Balaban J connectivity index is 2.34. The van der Waals surface area contributed by atoms with Gasteiger partial charge in [-0.15, -0.1) is 11.8 Å². The predicted molar refractivity (Wildman–Crippen MR) is 107 cm³/mol. The molecule has 0 bridgehead atoms. The Morgan fingerprint density at radius 3 is 2.29 bits per heavy atom. The van der Waals surface area contributed by atoms with Crippen molar-refractivity contribution >= 4 is 23.6 Å². The lowest BCUT2D eigenvalue weighted by Crippen LogP contribution is -2.50. The van der Waals surface area contributed by atoms with Crippen LogP contribution in [0.4, 0.5) is 0 Å². The first-order valence-electron chi connectivity index (χ1n) is 9.03. The Kier molecular flexibility index (Phi) is 8.25. The first-order chi connectivity index (χ1) is 13.5. The third-order valence-electron chi connectivity index (χ3n) is 4.50. The van der Waals surface area contributed by atoms with Gasteiger partial charge in [-0.3, -0.25) is 9.59 Å². The third-order valence-corrected chi connectivity index (χ3v) is 5.95. The van der Waals surface area contributed by atoms with Crippen molar-refractivity contribution in [2.24, 2.45) is 0 Å². The molecule has 2 atom stereocenters. The van der Waals surface area contributed by atoms with E-state index in [-0.39, 0.29) is 17.2 Å². The van der Waals surface area contributed by atoms with Crippen LogP contribution in [0.15, 0.2) is 12.1 Å². The zero-order valence-corrected chi connectivity index (χ0v) is 17.8. The summed E-state index contributed by atoms with van der Waals surface area (Å²) < 4.78 is 21.0. The van der Waals surface area contributed by atoms with E-state index >= 15 is 0 Å². The summed E-state index contributed by atoms with van der Waals surface area (Å²) in [7, 11) is 6.08. The topological polar surface area (TPSA) is 86.3 Å². The molecule has 0 spiro atoms. The molecule has 0 saturated carbocycles. The van der Waals surface area contributed by atoms with Crippen LogP contribution in [0.3, 0.4) is 0 Å². The first kappa shape index (κ1) is 22.2. The average Bonchev–Trinajstić information content (AvgIpc) is 3.16. The summed E-state index contributed by atoms with van der Waals surface area (Å²) in [6, 6.07) is 2.68. The average molecular weight is 413 g/mol. The van der Waals surface area contributed by atoms with Gasteiger partial charge < -0.3 is 29.2 Å². The minimum absolute atomic E-state index is 0.0789. The van der Waals surface area contributed by atoms with E-state index in [4.69, 9.17) is 18.9 Å². The molecule has 0 aliphatic carbocycles. The molecule has 1 saturated heterocycles. The third kappa shape index (κ3) is 4.64. The van der Waals surface area contributed by atoms with Crippen LogP contribution < -0.4 is 19.5 Å². The largest absolute Gasteiger partial charge is 0.493 e. The summed E-state index contributed by atoms with van der Waals surface area (Å²) in [5.41, 5.74) is 0.380. The van der Waals surface area contributed by atoms with Crippen LogP contribution in [-0.2, 0) is 9.53 Å². The molecule has 1 fully saturated rings. The molecule has 2 rings (SSSR count). The summed E-state index contributed by atoms with van der Waals surface area (Å²) in [4.78, 5) is 27.6. The minimum Gasteiger partial charge on any atom is -0.493 e. The van der Waals surface area contributed by atoms with E-state index in [1.165, 1.54) is 21.3 Å². The Labute approximate surface area is 169 Å². The second-order valence-corrected chi connectivity index (χ2v) is 7.33. The molecule has 1 aromatic rings. The molecular formula is C19H28N2O6S. The maximum Gasteiger partial charge on any atom is 0.255 e. The van der Waals surface area contributed by atoms with Gasteiger partial charge in [-0.2, -0.15) is 0 Å². The van der Waals surface area contributed by atoms with Crippen LogP contribution in [0.5, 0.6) is 17.2 Å². The number of hydrogen-bond donors (Lipinski definition) is 1. The lowest BCUT2D eigenvalue weighted by molar-refractivity contribution is -0.125. The lowest BCUT2D eigenvalue weighted by Gasteiger charge is -2.28. The fourth-order valence-corrected chi connectivity index (χ4v) is 4.46. The summed E-state index contributed by atoms with van der Waals surface area (Å²) in [6.45, 7) is 2.82. The van der Waals surface area contributed by atoms with Crippen LogP contribution in [0.1, 0.15) is 23.7 Å². The first-order valence-corrected chi connectivity index (χ1v) is 10.1. The molecule has 28 heavy (non-hydrogen) atoms. The summed E-state index contributed by atoms with van der Waals surface area (Å²) in [5.74, 6) is 1.33. The van der Waals surface area contributed by atoms with Crippen LogP contribution >= 0.6 is 11.8 Å². The fourth-order valence-electron chi connectivity index (χ4n) is 3.10. The number of ether oxygens (including phenoxy) is 4. The van der Waals surface area contributed by atoms with Gasteiger partial charge in [0.05, 0.1) is 33.3 Å². The molecule has 9 heteroatoms. The molecule has 1 heterocycles. The van der Waals surface area contributed by atoms with Crippen LogP contribution in [0.2, 0.25) is 0 Å². The van der Waals surface area contributed by atoms with Crippen LogP contribution in [-0.4, -0.2) is 75.5 Å². The normalized spacial score (nSPS) is 18.7. The number of carbonyl (C=O) groups excluding carboxylic acids is 2. The van der Waals surface area contributed by atoms with E-state index in [2.05, 4.69) is 5.32 Å². The maximum atomic E-state index is 13.4. The standard InChI is InChI=1S/C19H28N2O6S/c1-6-16-21(13(11-28-16)18(22)20-7-8-24-2)19(23)12-9-14(25-3)17(27-5)15(10-12)26-4/h9-10,13,16H,6-8,11H2,1-5H3,(H,20,22)/t13-,16-/m0/s1. The number of rotatable bonds is 9. The van der Waals surface area contributed by atoms with Crippen molar-refractivity contribution in [3.05, 3.63) is 17.7 Å². The highest BCUT2D eigenvalue weighted by Gasteiger charge is 2.41. The maximum absolute atomic E-state index is 13.4. The molecule has 0 aromatic heterocycles.